The molecular formula is C26H31N3O4. The Hall–Kier alpha value is -3.06. The zero-order valence-electron chi connectivity index (χ0n) is 19.5. The molecule has 7 heteroatoms. The average molecular weight is 450 g/mol. The van der Waals surface area contributed by atoms with Gasteiger partial charge in [0.1, 0.15) is 0 Å². The van der Waals surface area contributed by atoms with Gasteiger partial charge in [-0.3, -0.25) is 9.59 Å². The van der Waals surface area contributed by atoms with Crippen LogP contribution in [0.25, 0.3) is 0 Å². The number of piperazine rings is 1. The summed E-state index contributed by atoms with van der Waals surface area (Å²) in [6, 6.07) is 11.5. The van der Waals surface area contributed by atoms with Crippen molar-refractivity contribution in [2.75, 3.05) is 53.5 Å². The predicted molar refractivity (Wildman–Crippen MR) is 125 cm³/mol. The summed E-state index contributed by atoms with van der Waals surface area (Å²) in [5.74, 6) is 0.592. The Morgan fingerprint density at radius 2 is 1.67 bits per heavy atom. The molecule has 3 aliphatic rings. The first kappa shape index (κ1) is 21.8. The van der Waals surface area contributed by atoms with Crippen molar-refractivity contribution >= 4 is 11.8 Å². The van der Waals surface area contributed by atoms with E-state index in [9.17, 15) is 9.59 Å². The van der Waals surface area contributed by atoms with Gasteiger partial charge >= 0.3 is 0 Å². The largest absolute Gasteiger partial charge is 0.493 e. The third-order valence-electron chi connectivity index (χ3n) is 7.43. The number of amides is 2. The second-order valence-corrected chi connectivity index (χ2v) is 8.92. The van der Waals surface area contributed by atoms with E-state index in [-0.39, 0.29) is 17.9 Å². The fourth-order valence-corrected chi connectivity index (χ4v) is 5.60. The number of benzene rings is 2. The molecule has 5 rings (SSSR count). The van der Waals surface area contributed by atoms with Gasteiger partial charge in [0.05, 0.1) is 26.2 Å². The summed E-state index contributed by atoms with van der Waals surface area (Å²) in [6.07, 6.45) is 0.789. The van der Waals surface area contributed by atoms with Crippen molar-refractivity contribution in [2.24, 2.45) is 0 Å². The first-order valence-electron chi connectivity index (χ1n) is 11.7. The number of methoxy groups -OCH3 is 2. The number of carbonyl (C=O) groups excluding carboxylic acids is 2. The summed E-state index contributed by atoms with van der Waals surface area (Å²) in [5.41, 5.74) is 3.56. The Kier molecular flexibility index (Phi) is 5.74. The zero-order valence-corrected chi connectivity index (χ0v) is 19.5. The van der Waals surface area contributed by atoms with Gasteiger partial charge in [0.25, 0.3) is 5.91 Å². The van der Waals surface area contributed by atoms with Crippen molar-refractivity contribution in [3.05, 3.63) is 58.7 Å². The molecule has 0 saturated carbocycles. The summed E-state index contributed by atoms with van der Waals surface area (Å²) in [6.45, 7) is 6.89. The molecule has 3 heterocycles. The molecule has 2 amide bonds. The molecule has 3 aliphatic heterocycles. The molecule has 7 nitrogen and oxygen atoms in total. The predicted octanol–water partition coefficient (Wildman–Crippen LogP) is 2.70. The molecule has 0 bridgehead atoms. The minimum absolute atomic E-state index is 0.0506. The number of ether oxygens (including phenoxy) is 2. The van der Waals surface area contributed by atoms with Crippen LogP contribution in [-0.2, 0) is 11.2 Å². The van der Waals surface area contributed by atoms with Crippen LogP contribution in [0.3, 0.4) is 0 Å². The molecule has 1 saturated heterocycles. The highest BCUT2D eigenvalue weighted by Gasteiger charge is 2.48. The molecule has 2 atom stereocenters. The molecule has 0 radical (unpaired) electrons. The van der Waals surface area contributed by atoms with E-state index < -0.39 is 5.92 Å². The molecule has 174 valence electrons. The fraction of sp³-hybridized carbons (Fsp3) is 0.462. The topological polar surface area (TPSA) is 62.3 Å². The van der Waals surface area contributed by atoms with Gasteiger partial charge in [0, 0.05) is 38.3 Å². The van der Waals surface area contributed by atoms with Crippen molar-refractivity contribution < 1.29 is 19.1 Å². The third kappa shape index (κ3) is 3.55. The van der Waals surface area contributed by atoms with Crippen LogP contribution < -0.4 is 9.47 Å². The Morgan fingerprint density at radius 3 is 2.36 bits per heavy atom. The molecule has 0 aromatic heterocycles. The van der Waals surface area contributed by atoms with E-state index in [1.54, 1.807) is 20.3 Å². The van der Waals surface area contributed by atoms with Gasteiger partial charge in [0.15, 0.2) is 11.5 Å². The summed E-state index contributed by atoms with van der Waals surface area (Å²) in [5, 5.41) is 0. The first-order chi connectivity index (χ1) is 16.1. The molecule has 2 aromatic rings. The minimum Gasteiger partial charge on any atom is -0.493 e. The van der Waals surface area contributed by atoms with Gasteiger partial charge in [-0.2, -0.15) is 0 Å². The number of fused-ring (bicyclic) bond motifs is 4. The lowest BCUT2D eigenvalue weighted by Gasteiger charge is -2.47. The van der Waals surface area contributed by atoms with E-state index in [0.29, 0.717) is 36.7 Å². The van der Waals surface area contributed by atoms with Crippen molar-refractivity contribution in [1.29, 1.82) is 0 Å². The van der Waals surface area contributed by atoms with Crippen molar-refractivity contribution in [2.45, 2.75) is 25.3 Å². The van der Waals surface area contributed by atoms with Crippen LogP contribution in [-0.4, -0.2) is 80.0 Å². The van der Waals surface area contributed by atoms with Crippen LogP contribution in [0.5, 0.6) is 11.5 Å². The van der Waals surface area contributed by atoms with Crippen LogP contribution >= 0.6 is 0 Å². The van der Waals surface area contributed by atoms with Crippen molar-refractivity contribution in [3.8, 4) is 11.5 Å². The maximum absolute atomic E-state index is 14.1. The molecule has 0 aliphatic carbocycles. The molecule has 33 heavy (non-hydrogen) atoms. The maximum Gasteiger partial charge on any atom is 0.254 e. The highest BCUT2D eigenvalue weighted by Crippen LogP contribution is 2.49. The van der Waals surface area contributed by atoms with Gasteiger partial charge in [-0.15, -0.1) is 0 Å². The fourth-order valence-electron chi connectivity index (χ4n) is 5.60. The van der Waals surface area contributed by atoms with E-state index in [1.807, 2.05) is 28.0 Å². The summed E-state index contributed by atoms with van der Waals surface area (Å²) in [7, 11) is 3.14. The number of nitrogens with zero attached hydrogens (tertiary/aromatic N) is 3. The number of likely N-dealkylation sites (N-methyl/N-ethyl adjacent to an activating group) is 1. The van der Waals surface area contributed by atoms with E-state index >= 15 is 0 Å². The Labute approximate surface area is 194 Å². The lowest BCUT2D eigenvalue weighted by molar-refractivity contribution is -0.136. The van der Waals surface area contributed by atoms with Crippen LogP contribution in [0.2, 0.25) is 0 Å². The maximum atomic E-state index is 14.1. The highest BCUT2D eigenvalue weighted by molar-refractivity contribution is 6.02. The Bertz CT molecular complexity index is 1080. The lowest BCUT2D eigenvalue weighted by atomic mass is 9.75. The first-order valence-corrected chi connectivity index (χ1v) is 11.7. The zero-order chi connectivity index (χ0) is 23.1. The normalized spacial score (nSPS) is 22.3. The Balaban J connectivity index is 1.64. The van der Waals surface area contributed by atoms with Gasteiger partial charge < -0.3 is 24.2 Å². The van der Waals surface area contributed by atoms with Gasteiger partial charge in [-0.1, -0.05) is 31.2 Å². The summed E-state index contributed by atoms with van der Waals surface area (Å²) in [4.78, 5) is 34.0. The molecule has 0 unspecified atom stereocenters. The third-order valence-corrected chi connectivity index (χ3v) is 7.43. The number of rotatable bonds is 4. The smallest absolute Gasteiger partial charge is 0.254 e. The number of hydrogen-bond donors (Lipinski definition) is 0. The quantitative estimate of drug-likeness (QED) is 0.718. The van der Waals surface area contributed by atoms with Crippen LogP contribution in [0, 0.1) is 0 Å². The SMILES string of the molecule is CCN1CCN(C(=O)[C@@H]2c3cc(OC)c(OC)cc3C(=O)N3CCc4ccccc4[C@@H]23)CC1. The van der Waals surface area contributed by atoms with E-state index in [2.05, 4.69) is 24.0 Å². The highest BCUT2D eigenvalue weighted by atomic mass is 16.5. The monoisotopic (exact) mass is 449 g/mol. The molecule has 0 N–H and O–H groups in total. The average Bonchev–Trinajstić information content (AvgIpc) is 2.87. The Morgan fingerprint density at radius 1 is 0.970 bits per heavy atom. The molecule has 2 aromatic carbocycles. The van der Waals surface area contributed by atoms with E-state index in [0.717, 1.165) is 37.2 Å². The molecular weight excluding hydrogens is 418 g/mol. The van der Waals surface area contributed by atoms with Crippen molar-refractivity contribution in [3.63, 3.8) is 0 Å². The lowest BCUT2D eigenvalue weighted by Crippen LogP contribution is -2.54. The minimum atomic E-state index is -0.480. The standard InChI is InChI=1S/C26H31N3O4/c1-4-27-11-13-28(14-12-27)26(31)23-19-15-21(32-2)22(33-3)16-20(19)25(30)29-10-9-17-7-5-6-8-18(17)24(23)29/h5-8,15-16,23-24H,4,9-14H2,1-3H3/t23-,24+/m1/s1. The summed E-state index contributed by atoms with van der Waals surface area (Å²) >= 11 is 0. The van der Waals surface area contributed by atoms with Gasteiger partial charge in [-0.25, -0.2) is 0 Å². The second kappa shape index (κ2) is 8.71. The van der Waals surface area contributed by atoms with Crippen LogP contribution in [0.1, 0.15) is 45.9 Å². The van der Waals surface area contributed by atoms with E-state index in [1.165, 1.54) is 5.56 Å². The van der Waals surface area contributed by atoms with Crippen molar-refractivity contribution in [1.82, 2.24) is 14.7 Å². The van der Waals surface area contributed by atoms with Crippen LogP contribution in [0.4, 0.5) is 0 Å². The molecule has 1 fully saturated rings. The van der Waals surface area contributed by atoms with Gasteiger partial charge in [-0.05, 0) is 41.8 Å². The summed E-state index contributed by atoms with van der Waals surface area (Å²) < 4.78 is 11.0. The second-order valence-electron chi connectivity index (χ2n) is 8.92. The molecule has 0 spiro atoms. The van der Waals surface area contributed by atoms with Crippen LogP contribution in [0.15, 0.2) is 36.4 Å². The van der Waals surface area contributed by atoms with E-state index in [4.69, 9.17) is 9.47 Å². The van der Waals surface area contributed by atoms with Gasteiger partial charge in [0.2, 0.25) is 5.91 Å². The number of carbonyl (C=O) groups is 2. The number of hydrogen-bond acceptors (Lipinski definition) is 5.